The fourth-order valence-electron chi connectivity index (χ4n) is 8.55. The van der Waals surface area contributed by atoms with Crippen LogP contribution < -0.4 is 0 Å². The average Bonchev–Trinajstić information content (AvgIpc) is 3.32. The van der Waals surface area contributed by atoms with E-state index in [9.17, 15) is 0 Å². The van der Waals surface area contributed by atoms with Crippen LogP contribution in [0, 0.1) is 0 Å². The van der Waals surface area contributed by atoms with Gasteiger partial charge in [0.1, 0.15) is 0 Å². The summed E-state index contributed by atoms with van der Waals surface area (Å²) in [5.41, 5.74) is 8.46. The summed E-state index contributed by atoms with van der Waals surface area (Å²) in [6.45, 7) is 0. The summed E-state index contributed by atoms with van der Waals surface area (Å²) in [5.74, 6) is 1.83. The molecule has 278 valence electrons. The summed E-state index contributed by atoms with van der Waals surface area (Å²) in [4.78, 5) is 26.3. The van der Waals surface area contributed by atoms with Crippen LogP contribution in [0.2, 0.25) is 0 Å². The van der Waals surface area contributed by atoms with Crippen LogP contribution in [0.1, 0.15) is 0 Å². The average molecular weight is 764 g/mol. The minimum Gasteiger partial charge on any atom is -0.247 e. The largest absolute Gasteiger partial charge is 0.247 e. The Morgan fingerprint density at radius 2 is 0.733 bits per heavy atom. The van der Waals surface area contributed by atoms with Gasteiger partial charge in [-0.2, -0.15) is 0 Å². The highest BCUT2D eigenvalue weighted by molar-refractivity contribution is 6.20. The fraction of sp³-hybridized carbons (Fsp3) is 0. The number of hydrogen-bond donors (Lipinski definition) is 0. The van der Waals surface area contributed by atoms with E-state index < -0.39 is 0 Å². The summed E-state index contributed by atoms with van der Waals surface area (Å²) in [6, 6.07) is 70.0. The highest BCUT2D eigenvalue weighted by Crippen LogP contribution is 2.39. The van der Waals surface area contributed by atoms with E-state index in [2.05, 4.69) is 194 Å². The summed E-state index contributed by atoms with van der Waals surface area (Å²) >= 11 is 0. The summed E-state index contributed by atoms with van der Waals surface area (Å²) < 4.78 is 0. The van der Waals surface area contributed by atoms with Gasteiger partial charge < -0.3 is 0 Å². The Kier molecular flexibility index (Phi) is 7.78. The molecule has 3 heterocycles. The first-order valence-electron chi connectivity index (χ1n) is 20.2. The van der Waals surface area contributed by atoms with Gasteiger partial charge in [0.2, 0.25) is 0 Å². The van der Waals surface area contributed by atoms with E-state index in [-0.39, 0.29) is 0 Å². The predicted molar refractivity (Wildman–Crippen MR) is 248 cm³/mol. The van der Waals surface area contributed by atoms with Gasteiger partial charge in [-0.25, -0.2) is 24.9 Å². The molecule has 12 rings (SSSR count). The van der Waals surface area contributed by atoms with Crippen molar-refractivity contribution in [2.45, 2.75) is 0 Å². The molecule has 5 nitrogen and oxygen atoms in total. The Hall–Kier alpha value is -8.15. The maximum atomic E-state index is 5.41. The molecule has 60 heavy (non-hydrogen) atoms. The minimum atomic E-state index is 0.594. The van der Waals surface area contributed by atoms with Crippen molar-refractivity contribution in [1.29, 1.82) is 0 Å². The van der Waals surface area contributed by atoms with Crippen LogP contribution in [0.5, 0.6) is 0 Å². The van der Waals surface area contributed by atoms with Crippen LogP contribution in [0.4, 0.5) is 0 Å². The second-order valence-corrected chi connectivity index (χ2v) is 15.3. The molecule has 12 aromatic rings. The molecule has 0 atom stereocenters. The number of hydrogen-bond acceptors (Lipinski definition) is 5. The van der Waals surface area contributed by atoms with Gasteiger partial charge >= 0.3 is 0 Å². The van der Waals surface area contributed by atoms with Crippen LogP contribution in [0.15, 0.2) is 200 Å². The third kappa shape index (κ3) is 5.83. The van der Waals surface area contributed by atoms with E-state index in [4.69, 9.17) is 24.9 Å². The smallest absolute Gasteiger partial charge is 0.164 e. The Morgan fingerprint density at radius 3 is 1.33 bits per heavy atom. The van der Waals surface area contributed by atoms with Crippen LogP contribution in [-0.2, 0) is 0 Å². The molecule has 0 saturated heterocycles. The first-order chi connectivity index (χ1) is 29.7. The molecule has 0 unspecified atom stereocenters. The lowest BCUT2D eigenvalue weighted by atomic mass is 9.96. The van der Waals surface area contributed by atoms with Crippen molar-refractivity contribution in [2.24, 2.45) is 0 Å². The van der Waals surface area contributed by atoms with Crippen molar-refractivity contribution < 1.29 is 0 Å². The monoisotopic (exact) mass is 763 g/mol. The molecule has 9 aromatic carbocycles. The topological polar surface area (TPSA) is 64.5 Å². The molecule has 5 heteroatoms. The lowest BCUT2D eigenvalue weighted by Gasteiger charge is -2.14. The molecule has 0 aliphatic heterocycles. The SMILES string of the molecule is c1ccc(-c2nc3ccc(-c4nc(-c5ccc6ccccc6c5)nc(-c5ccc6ccccc6c5)n4)cc3c3ccc4ccc(-c5ccc6ccccc6c5)nc4c23)cc1. The van der Waals surface area contributed by atoms with Crippen molar-refractivity contribution in [3.63, 3.8) is 0 Å². The van der Waals surface area contributed by atoms with Crippen molar-refractivity contribution in [2.75, 3.05) is 0 Å². The van der Waals surface area contributed by atoms with Crippen LogP contribution in [0.3, 0.4) is 0 Å². The molecule has 3 aromatic heterocycles. The van der Waals surface area contributed by atoms with E-state index in [1.807, 2.05) is 6.07 Å². The minimum absolute atomic E-state index is 0.594. The van der Waals surface area contributed by atoms with Gasteiger partial charge in [-0.05, 0) is 80.2 Å². The standard InChI is InChI=1S/C55H33N5/c1-2-13-37(14-3-1)51-50-46(27-24-38-25-28-48(56-52(38)50)42-21-18-34-10-4-7-15-39(34)30-42)47-33-45(26-29-49(47)57-51)55-59-53(43-22-19-35-11-5-8-16-40(35)31-43)58-54(60-55)44-23-20-36-12-6-9-17-41(36)32-44/h1-33H. The quantitative estimate of drug-likeness (QED) is 0.163. The second kappa shape index (κ2) is 13.8. The number of benzene rings is 9. The molecule has 0 spiro atoms. The molecule has 0 amide bonds. The molecule has 0 radical (unpaired) electrons. The Labute approximate surface area is 345 Å². The van der Waals surface area contributed by atoms with Gasteiger partial charge in [0.05, 0.1) is 22.4 Å². The molecule has 0 aliphatic carbocycles. The van der Waals surface area contributed by atoms with Crippen LogP contribution in [-0.4, -0.2) is 24.9 Å². The van der Waals surface area contributed by atoms with E-state index in [0.29, 0.717) is 17.5 Å². The third-order valence-electron chi connectivity index (χ3n) is 11.6. The van der Waals surface area contributed by atoms with Gasteiger partial charge in [-0.3, -0.25) is 0 Å². The third-order valence-corrected chi connectivity index (χ3v) is 11.6. The number of pyridine rings is 2. The normalized spacial score (nSPS) is 11.7. The van der Waals surface area contributed by atoms with E-state index in [1.54, 1.807) is 0 Å². The molecule has 0 N–H and O–H groups in total. The second-order valence-electron chi connectivity index (χ2n) is 15.3. The maximum absolute atomic E-state index is 5.41. The van der Waals surface area contributed by atoms with Gasteiger partial charge in [0.25, 0.3) is 0 Å². The molecule has 0 saturated carbocycles. The van der Waals surface area contributed by atoms with Gasteiger partial charge in [-0.15, -0.1) is 0 Å². The zero-order valence-electron chi connectivity index (χ0n) is 32.3. The first-order valence-corrected chi connectivity index (χ1v) is 20.2. The highest BCUT2D eigenvalue weighted by Gasteiger charge is 2.18. The lowest BCUT2D eigenvalue weighted by Crippen LogP contribution is -2.00. The number of nitrogens with zero attached hydrogens (tertiary/aromatic N) is 5. The van der Waals surface area contributed by atoms with E-state index in [1.165, 1.54) is 21.5 Å². The molecule has 0 aliphatic rings. The lowest BCUT2D eigenvalue weighted by molar-refractivity contribution is 1.08. The highest BCUT2D eigenvalue weighted by atomic mass is 15.0. The number of aromatic nitrogens is 5. The molecular weight excluding hydrogens is 731 g/mol. The number of fused-ring (bicyclic) bond motifs is 8. The predicted octanol–water partition coefficient (Wildman–Crippen LogP) is 13.9. The zero-order valence-corrected chi connectivity index (χ0v) is 32.3. The molecule has 0 bridgehead atoms. The Morgan fingerprint density at radius 1 is 0.267 bits per heavy atom. The Bertz CT molecular complexity index is 3570. The van der Waals surface area contributed by atoms with Gasteiger partial charge in [0.15, 0.2) is 17.5 Å². The summed E-state index contributed by atoms with van der Waals surface area (Å²) in [5, 5.41) is 11.1. The summed E-state index contributed by atoms with van der Waals surface area (Å²) in [7, 11) is 0. The van der Waals surface area contributed by atoms with Crippen molar-refractivity contribution in [1.82, 2.24) is 24.9 Å². The van der Waals surface area contributed by atoms with Crippen LogP contribution in [0.25, 0.3) is 122 Å². The van der Waals surface area contributed by atoms with Gasteiger partial charge in [0, 0.05) is 44.0 Å². The van der Waals surface area contributed by atoms with Crippen LogP contribution >= 0.6 is 0 Å². The maximum Gasteiger partial charge on any atom is 0.164 e. The van der Waals surface area contributed by atoms with Crippen molar-refractivity contribution in [3.8, 4) is 56.7 Å². The molecular formula is C55H33N5. The van der Waals surface area contributed by atoms with E-state index >= 15 is 0 Å². The van der Waals surface area contributed by atoms with Gasteiger partial charge in [-0.1, -0.05) is 158 Å². The Balaban J connectivity index is 1.08. The molecule has 0 fully saturated rings. The van der Waals surface area contributed by atoms with E-state index in [0.717, 1.165) is 82.6 Å². The van der Waals surface area contributed by atoms with Crippen molar-refractivity contribution in [3.05, 3.63) is 200 Å². The fourth-order valence-corrected chi connectivity index (χ4v) is 8.55. The first kappa shape index (κ1) is 33.9. The zero-order chi connectivity index (χ0) is 39.6. The number of rotatable bonds is 5. The summed E-state index contributed by atoms with van der Waals surface area (Å²) in [6.07, 6.45) is 0. The van der Waals surface area contributed by atoms with Crippen molar-refractivity contribution >= 4 is 64.9 Å².